The van der Waals surface area contributed by atoms with Gasteiger partial charge in [-0.2, -0.15) is 0 Å². The molecule has 0 saturated heterocycles. The standard InChI is InChI=1S/C17H12N2OS2/c1-20-14-10-13(16-18-6-8-21-16)11-4-2-3-5-12(11)15(14)17-19-7-9-22-17/h2-10H,1H3. The van der Waals surface area contributed by atoms with E-state index in [2.05, 4.69) is 34.2 Å². The topological polar surface area (TPSA) is 35.0 Å². The van der Waals surface area contributed by atoms with Crippen LogP contribution < -0.4 is 4.74 Å². The van der Waals surface area contributed by atoms with Crippen molar-refractivity contribution in [3.05, 3.63) is 53.5 Å². The smallest absolute Gasteiger partial charge is 0.130 e. The fourth-order valence-corrected chi connectivity index (χ4v) is 3.98. The molecule has 0 bridgehead atoms. The van der Waals surface area contributed by atoms with Crippen molar-refractivity contribution < 1.29 is 4.74 Å². The van der Waals surface area contributed by atoms with Gasteiger partial charge in [-0.1, -0.05) is 24.3 Å². The molecular weight excluding hydrogens is 312 g/mol. The molecule has 0 saturated carbocycles. The van der Waals surface area contributed by atoms with Crippen molar-refractivity contribution in [2.75, 3.05) is 7.11 Å². The van der Waals surface area contributed by atoms with E-state index < -0.39 is 0 Å². The van der Waals surface area contributed by atoms with E-state index in [4.69, 9.17) is 4.74 Å². The van der Waals surface area contributed by atoms with Crippen molar-refractivity contribution in [3.8, 4) is 26.9 Å². The Morgan fingerprint density at radius 1 is 0.909 bits per heavy atom. The average Bonchev–Trinajstić information content (AvgIpc) is 3.26. The van der Waals surface area contributed by atoms with Crippen LogP contribution in [0.3, 0.4) is 0 Å². The van der Waals surface area contributed by atoms with Crippen LogP contribution in [0.5, 0.6) is 5.75 Å². The maximum absolute atomic E-state index is 5.66. The highest BCUT2D eigenvalue weighted by molar-refractivity contribution is 7.13. The van der Waals surface area contributed by atoms with Crippen molar-refractivity contribution in [1.29, 1.82) is 0 Å². The van der Waals surface area contributed by atoms with Gasteiger partial charge in [-0.25, -0.2) is 9.97 Å². The molecule has 108 valence electrons. The van der Waals surface area contributed by atoms with Crippen molar-refractivity contribution in [2.45, 2.75) is 0 Å². The SMILES string of the molecule is COc1cc(-c2nccs2)c2ccccc2c1-c1nccs1. The summed E-state index contributed by atoms with van der Waals surface area (Å²) in [5.41, 5.74) is 2.15. The predicted octanol–water partition coefficient (Wildman–Crippen LogP) is 5.10. The van der Waals surface area contributed by atoms with Gasteiger partial charge in [-0.3, -0.25) is 0 Å². The van der Waals surface area contributed by atoms with Gasteiger partial charge in [0.25, 0.3) is 0 Å². The molecule has 4 aromatic rings. The van der Waals surface area contributed by atoms with Crippen molar-refractivity contribution in [3.63, 3.8) is 0 Å². The predicted molar refractivity (Wildman–Crippen MR) is 92.7 cm³/mol. The number of benzene rings is 2. The zero-order valence-corrected chi connectivity index (χ0v) is 13.4. The fourth-order valence-electron chi connectivity index (χ4n) is 2.61. The van der Waals surface area contributed by atoms with Crippen LogP contribution in [0.1, 0.15) is 0 Å². The van der Waals surface area contributed by atoms with E-state index in [-0.39, 0.29) is 0 Å². The van der Waals surface area contributed by atoms with Crippen molar-refractivity contribution in [1.82, 2.24) is 9.97 Å². The minimum Gasteiger partial charge on any atom is -0.496 e. The Morgan fingerprint density at radius 2 is 1.59 bits per heavy atom. The highest BCUT2D eigenvalue weighted by Crippen LogP contribution is 2.43. The van der Waals surface area contributed by atoms with Gasteiger partial charge in [0.15, 0.2) is 0 Å². The summed E-state index contributed by atoms with van der Waals surface area (Å²) >= 11 is 3.25. The van der Waals surface area contributed by atoms with Crippen LogP contribution in [0.2, 0.25) is 0 Å². The lowest BCUT2D eigenvalue weighted by Crippen LogP contribution is -1.92. The number of fused-ring (bicyclic) bond motifs is 1. The summed E-state index contributed by atoms with van der Waals surface area (Å²) in [7, 11) is 1.70. The van der Waals surface area contributed by atoms with Crippen LogP contribution in [-0.4, -0.2) is 17.1 Å². The Bertz CT molecular complexity index is 915. The molecule has 4 rings (SSSR count). The third kappa shape index (κ3) is 2.10. The molecule has 0 N–H and O–H groups in total. The Balaban J connectivity index is 2.12. The monoisotopic (exact) mass is 324 g/mol. The van der Waals surface area contributed by atoms with Crippen LogP contribution in [0.4, 0.5) is 0 Å². The first-order valence-corrected chi connectivity index (χ1v) is 8.54. The zero-order valence-electron chi connectivity index (χ0n) is 11.8. The van der Waals surface area contributed by atoms with Gasteiger partial charge in [-0.05, 0) is 16.8 Å². The lowest BCUT2D eigenvalue weighted by Gasteiger charge is -2.13. The summed E-state index contributed by atoms with van der Waals surface area (Å²) in [5.74, 6) is 0.832. The number of nitrogens with zero attached hydrogens (tertiary/aromatic N) is 2. The largest absolute Gasteiger partial charge is 0.496 e. The second-order valence-electron chi connectivity index (χ2n) is 4.72. The molecule has 3 nitrogen and oxygen atoms in total. The minimum atomic E-state index is 0.832. The number of methoxy groups -OCH3 is 1. The maximum atomic E-state index is 5.66. The van der Waals surface area contributed by atoms with Crippen LogP contribution in [0, 0.1) is 0 Å². The lowest BCUT2D eigenvalue weighted by molar-refractivity contribution is 0.417. The van der Waals surface area contributed by atoms with E-state index in [0.717, 1.165) is 32.3 Å². The van der Waals surface area contributed by atoms with Gasteiger partial charge in [0.2, 0.25) is 0 Å². The maximum Gasteiger partial charge on any atom is 0.130 e. The number of aromatic nitrogens is 2. The molecular formula is C17H12N2OS2. The first-order chi connectivity index (χ1) is 10.9. The quantitative estimate of drug-likeness (QED) is 0.526. The second-order valence-corrected chi connectivity index (χ2v) is 6.51. The summed E-state index contributed by atoms with van der Waals surface area (Å²) < 4.78 is 5.66. The highest BCUT2D eigenvalue weighted by atomic mass is 32.1. The summed E-state index contributed by atoms with van der Waals surface area (Å²) in [5, 5.41) is 8.26. The zero-order chi connectivity index (χ0) is 14.9. The molecule has 0 fully saturated rings. The molecule has 0 aliphatic rings. The molecule has 0 amide bonds. The molecule has 2 aromatic carbocycles. The molecule has 0 aliphatic carbocycles. The van der Waals surface area contributed by atoms with Crippen LogP contribution in [0.15, 0.2) is 53.5 Å². The molecule has 5 heteroatoms. The first kappa shape index (κ1) is 13.4. The number of ether oxygens (including phenoxy) is 1. The van der Waals surface area contributed by atoms with E-state index in [9.17, 15) is 0 Å². The summed E-state index contributed by atoms with van der Waals surface area (Å²) in [6, 6.07) is 10.4. The van der Waals surface area contributed by atoms with E-state index in [1.165, 1.54) is 5.39 Å². The average molecular weight is 324 g/mol. The lowest BCUT2D eigenvalue weighted by atomic mass is 9.99. The summed E-state index contributed by atoms with van der Waals surface area (Å²) in [6.07, 6.45) is 3.65. The summed E-state index contributed by atoms with van der Waals surface area (Å²) in [4.78, 5) is 8.92. The fraction of sp³-hybridized carbons (Fsp3) is 0.0588. The molecule has 0 unspecified atom stereocenters. The third-order valence-electron chi connectivity index (χ3n) is 3.54. The van der Waals surface area contributed by atoms with Crippen LogP contribution in [0.25, 0.3) is 31.9 Å². The highest BCUT2D eigenvalue weighted by Gasteiger charge is 2.17. The van der Waals surface area contributed by atoms with E-state index in [1.54, 1.807) is 29.8 Å². The molecule has 0 spiro atoms. The van der Waals surface area contributed by atoms with Gasteiger partial charge in [0.05, 0.1) is 12.7 Å². The van der Waals surface area contributed by atoms with Crippen molar-refractivity contribution >= 4 is 33.4 Å². The molecule has 0 radical (unpaired) electrons. The Hall–Kier alpha value is -2.24. The Labute approximate surface area is 135 Å². The molecule has 22 heavy (non-hydrogen) atoms. The molecule has 2 aromatic heterocycles. The van der Waals surface area contributed by atoms with E-state index in [1.807, 2.05) is 29.2 Å². The van der Waals surface area contributed by atoms with Gasteiger partial charge < -0.3 is 4.74 Å². The Kier molecular flexibility index (Phi) is 3.36. The van der Waals surface area contributed by atoms with Gasteiger partial charge in [0, 0.05) is 28.7 Å². The summed E-state index contributed by atoms with van der Waals surface area (Å²) in [6.45, 7) is 0. The number of hydrogen-bond acceptors (Lipinski definition) is 5. The third-order valence-corrected chi connectivity index (χ3v) is 5.13. The molecule has 0 atom stereocenters. The number of rotatable bonds is 3. The molecule has 2 heterocycles. The number of hydrogen-bond donors (Lipinski definition) is 0. The van der Waals surface area contributed by atoms with Gasteiger partial charge in [0.1, 0.15) is 15.8 Å². The van der Waals surface area contributed by atoms with Crippen molar-refractivity contribution in [2.24, 2.45) is 0 Å². The van der Waals surface area contributed by atoms with Gasteiger partial charge >= 0.3 is 0 Å². The van der Waals surface area contributed by atoms with E-state index >= 15 is 0 Å². The van der Waals surface area contributed by atoms with E-state index in [0.29, 0.717) is 0 Å². The first-order valence-electron chi connectivity index (χ1n) is 6.78. The second kappa shape index (κ2) is 5.51. The van der Waals surface area contributed by atoms with Gasteiger partial charge in [-0.15, -0.1) is 22.7 Å². The minimum absolute atomic E-state index is 0.832. The molecule has 0 aliphatic heterocycles. The Morgan fingerprint density at radius 3 is 2.23 bits per heavy atom. The normalized spacial score (nSPS) is 11.0. The van der Waals surface area contributed by atoms with Crippen LogP contribution >= 0.6 is 22.7 Å². The van der Waals surface area contributed by atoms with Crippen LogP contribution in [-0.2, 0) is 0 Å². The number of thiazole rings is 2.